The fourth-order valence-corrected chi connectivity index (χ4v) is 7.16. The van der Waals surface area contributed by atoms with E-state index in [1.165, 1.54) is 23.1 Å². The molecule has 0 aromatic heterocycles. The molecule has 3 aromatic carbocycles. The number of fused-ring (bicyclic) bond motifs is 1. The lowest BCUT2D eigenvalue weighted by molar-refractivity contribution is -0.145. The van der Waals surface area contributed by atoms with Crippen molar-refractivity contribution in [1.82, 2.24) is 9.62 Å². The van der Waals surface area contributed by atoms with Gasteiger partial charge in [0.25, 0.3) is 5.92 Å². The molecule has 0 unspecified atom stereocenters. The van der Waals surface area contributed by atoms with Gasteiger partial charge in [-0.2, -0.15) is 13.5 Å². The molecular weight excluding hydrogens is 624 g/mol. The number of sulfonamides is 1. The van der Waals surface area contributed by atoms with E-state index >= 15 is 8.78 Å². The van der Waals surface area contributed by atoms with Gasteiger partial charge in [-0.15, -0.1) is 0 Å². The minimum Gasteiger partial charge on any atom is -0.492 e. The molecule has 2 aliphatic rings. The number of carbonyl (C=O) groups is 1. The van der Waals surface area contributed by atoms with Crippen molar-refractivity contribution in [2.45, 2.75) is 87.3 Å². The molecule has 0 radical (unpaired) electrons. The number of nitrogens with two attached hydrogens (primary N) is 1. The minimum atomic E-state index is -4.59. The number of unbranched alkanes of at least 4 members (excludes halogenated alkanes) is 1. The number of carbonyl (C=O) groups excluding carboxylic acids is 1. The van der Waals surface area contributed by atoms with Crippen LogP contribution in [0.4, 0.5) is 8.78 Å². The molecule has 1 aliphatic carbocycles. The molecule has 12 heteroatoms. The van der Waals surface area contributed by atoms with E-state index in [2.05, 4.69) is 4.72 Å². The quantitative estimate of drug-likeness (QED) is 0.218. The molecule has 244 valence electrons. The molecule has 1 amide bonds. The molecule has 5 rings (SSSR count). The van der Waals surface area contributed by atoms with Crippen LogP contribution >= 0.6 is 11.6 Å². The Labute approximate surface area is 268 Å². The number of likely N-dealkylation sites (tertiary alicyclic amines) is 1. The van der Waals surface area contributed by atoms with Gasteiger partial charge in [0.15, 0.2) is 6.04 Å². The molecule has 3 N–H and O–H groups in total. The lowest BCUT2D eigenvalue weighted by atomic mass is 9.98. The highest BCUT2D eigenvalue weighted by atomic mass is 35.5. The summed E-state index contributed by atoms with van der Waals surface area (Å²) in [5.41, 5.74) is 5.38. The number of piperidine rings is 1. The van der Waals surface area contributed by atoms with Crippen LogP contribution in [0.25, 0.3) is 10.8 Å². The predicted octanol–water partition coefficient (Wildman–Crippen LogP) is 6.38. The summed E-state index contributed by atoms with van der Waals surface area (Å²) in [5, 5.41) is 1.46. The van der Waals surface area contributed by atoms with Crippen LogP contribution in [0.15, 0.2) is 59.5 Å². The second-order valence-electron chi connectivity index (χ2n) is 11.9. The summed E-state index contributed by atoms with van der Waals surface area (Å²) >= 11 is 6.21. The number of hydrogen-bond acceptors (Lipinski definition) is 6. The van der Waals surface area contributed by atoms with E-state index in [-0.39, 0.29) is 47.5 Å². The summed E-state index contributed by atoms with van der Waals surface area (Å²) in [6.07, 6.45) is 6.79. The molecule has 1 saturated carbocycles. The molecule has 1 saturated heterocycles. The zero-order chi connectivity index (χ0) is 32.2. The Morgan fingerprint density at radius 1 is 1.04 bits per heavy atom. The summed E-state index contributed by atoms with van der Waals surface area (Å²) < 4.78 is 73.9. The first-order valence-electron chi connectivity index (χ1n) is 15.6. The number of nitrogens with zero attached hydrogens (tertiary/aromatic N) is 1. The summed E-state index contributed by atoms with van der Waals surface area (Å²) in [6, 6.07) is 10.5. The molecule has 45 heavy (non-hydrogen) atoms. The van der Waals surface area contributed by atoms with Crippen LogP contribution in [0.1, 0.15) is 63.9 Å². The highest BCUT2D eigenvalue weighted by molar-refractivity contribution is 7.89. The third-order valence-electron chi connectivity index (χ3n) is 8.50. The van der Waals surface area contributed by atoms with Gasteiger partial charge in [0, 0.05) is 24.7 Å². The minimum absolute atomic E-state index is 0.0334. The number of benzene rings is 3. The predicted molar refractivity (Wildman–Crippen MR) is 170 cm³/mol. The fraction of sp³-hybridized carbons (Fsp3) is 0.485. The van der Waals surface area contributed by atoms with E-state index in [0.29, 0.717) is 30.4 Å². The zero-order valence-corrected chi connectivity index (χ0v) is 26.9. The Bertz CT molecular complexity index is 1610. The van der Waals surface area contributed by atoms with Crippen molar-refractivity contribution in [2.24, 2.45) is 5.73 Å². The Balaban J connectivity index is 1.45. The van der Waals surface area contributed by atoms with Gasteiger partial charge in [-0.3, -0.25) is 4.79 Å². The van der Waals surface area contributed by atoms with Crippen molar-refractivity contribution in [3.8, 4) is 11.5 Å². The highest BCUT2D eigenvalue weighted by Gasteiger charge is 2.50. The molecule has 8 nitrogen and oxygen atoms in total. The Kier molecular flexibility index (Phi) is 10.5. The molecular formula is C33H40ClF2N3O5S. The molecule has 1 aliphatic heterocycles. The molecule has 0 spiro atoms. The number of halogens is 3. The van der Waals surface area contributed by atoms with Crippen LogP contribution < -0.4 is 19.9 Å². The average molecular weight is 664 g/mol. The maximum Gasteiger partial charge on any atom is 0.298 e. The van der Waals surface area contributed by atoms with Gasteiger partial charge in [-0.25, -0.2) is 8.42 Å². The topological polar surface area (TPSA) is 111 Å². The van der Waals surface area contributed by atoms with Crippen LogP contribution in [0.5, 0.6) is 11.5 Å². The van der Waals surface area contributed by atoms with Crippen LogP contribution in [-0.4, -0.2) is 57.1 Å². The van der Waals surface area contributed by atoms with Crippen molar-refractivity contribution in [3.05, 3.63) is 65.2 Å². The SMILES string of the molecule is CCCCOc1cc(C(F)(F)[C@H](NS(=O)(=O)c2ccc3cc(OC4CCCC4)ccc3c2)C(=O)N2CCC(N)CC2)ccc1Cl. The summed E-state index contributed by atoms with van der Waals surface area (Å²) in [7, 11) is -4.59. The van der Waals surface area contributed by atoms with Crippen molar-refractivity contribution in [1.29, 1.82) is 0 Å². The van der Waals surface area contributed by atoms with Gasteiger partial charge in [0.1, 0.15) is 11.5 Å². The smallest absolute Gasteiger partial charge is 0.298 e. The summed E-state index contributed by atoms with van der Waals surface area (Å²) in [5.74, 6) is -4.27. The Morgan fingerprint density at radius 3 is 2.44 bits per heavy atom. The number of rotatable bonds is 12. The number of alkyl halides is 2. The summed E-state index contributed by atoms with van der Waals surface area (Å²) in [4.78, 5) is 14.7. The standard InChI is InChI=1S/C33H40ClF2N3O5S/c1-2-3-18-43-30-21-24(10-13-29(30)34)33(35,36)31(32(40)39-16-14-25(37)15-17-39)38-45(41,42)28-12-9-22-19-27(11-8-23(22)20-28)44-26-6-4-5-7-26/h8-13,19-21,25-26,31,38H,2-7,14-18,37H2,1H3/t31-/m1/s1. The van der Waals surface area contributed by atoms with Gasteiger partial charge in [0.05, 0.1) is 22.6 Å². The van der Waals surface area contributed by atoms with E-state index in [9.17, 15) is 13.2 Å². The van der Waals surface area contributed by atoms with Gasteiger partial charge >= 0.3 is 0 Å². The van der Waals surface area contributed by atoms with Gasteiger partial charge in [0.2, 0.25) is 15.9 Å². The van der Waals surface area contributed by atoms with E-state index in [4.69, 9.17) is 26.8 Å². The van der Waals surface area contributed by atoms with E-state index < -0.39 is 33.5 Å². The van der Waals surface area contributed by atoms with Crippen molar-refractivity contribution >= 4 is 38.3 Å². The number of ether oxygens (including phenoxy) is 2. The van der Waals surface area contributed by atoms with Crippen molar-refractivity contribution < 1.29 is 31.5 Å². The monoisotopic (exact) mass is 663 g/mol. The molecule has 3 aromatic rings. The van der Waals surface area contributed by atoms with Crippen molar-refractivity contribution in [2.75, 3.05) is 19.7 Å². The third kappa shape index (κ3) is 7.88. The summed E-state index contributed by atoms with van der Waals surface area (Å²) in [6.45, 7) is 2.51. The normalized spacial score (nSPS) is 17.5. The fourth-order valence-electron chi connectivity index (χ4n) is 5.76. The van der Waals surface area contributed by atoms with E-state index in [0.717, 1.165) is 49.6 Å². The molecule has 2 fully saturated rings. The maximum atomic E-state index is 16.4. The molecule has 1 atom stereocenters. The average Bonchev–Trinajstić information content (AvgIpc) is 3.53. The largest absolute Gasteiger partial charge is 0.492 e. The lowest BCUT2D eigenvalue weighted by Crippen LogP contribution is -2.58. The van der Waals surface area contributed by atoms with Crippen LogP contribution in [0.2, 0.25) is 5.02 Å². The Hall–Kier alpha value is -2.99. The first kappa shape index (κ1) is 33.4. The maximum absolute atomic E-state index is 16.4. The Morgan fingerprint density at radius 2 is 1.73 bits per heavy atom. The lowest BCUT2D eigenvalue weighted by Gasteiger charge is -2.35. The van der Waals surface area contributed by atoms with Gasteiger partial charge in [-0.05, 0) is 92.1 Å². The number of amides is 1. The number of nitrogens with one attached hydrogen (secondary N) is 1. The second-order valence-corrected chi connectivity index (χ2v) is 14.0. The van der Waals surface area contributed by atoms with Crippen molar-refractivity contribution in [3.63, 3.8) is 0 Å². The highest BCUT2D eigenvalue weighted by Crippen LogP contribution is 2.38. The van der Waals surface area contributed by atoms with Gasteiger partial charge in [-0.1, -0.05) is 43.1 Å². The first-order valence-corrected chi connectivity index (χ1v) is 17.4. The van der Waals surface area contributed by atoms with Crippen LogP contribution in [-0.2, 0) is 20.7 Å². The third-order valence-corrected chi connectivity index (χ3v) is 10.2. The van der Waals surface area contributed by atoms with Crippen LogP contribution in [0.3, 0.4) is 0 Å². The second kappa shape index (κ2) is 14.2. The zero-order valence-electron chi connectivity index (χ0n) is 25.3. The molecule has 0 bridgehead atoms. The molecule has 1 heterocycles. The van der Waals surface area contributed by atoms with Gasteiger partial charge < -0.3 is 20.1 Å². The van der Waals surface area contributed by atoms with E-state index in [1.807, 2.05) is 13.0 Å². The van der Waals surface area contributed by atoms with Crippen LogP contribution in [0, 0.1) is 0 Å². The number of hydrogen-bond donors (Lipinski definition) is 2. The van der Waals surface area contributed by atoms with E-state index in [1.54, 1.807) is 18.2 Å². The first-order chi connectivity index (χ1) is 21.5.